The van der Waals surface area contributed by atoms with Gasteiger partial charge in [0.05, 0.1) is 19.1 Å². The maximum absolute atomic E-state index is 13.1. The van der Waals surface area contributed by atoms with Crippen LogP contribution in [0, 0.1) is 5.82 Å². The van der Waals surface area contributed by atoms with Gasteiger partial charge >= 0.3 is 0 Å². The predicted molar refractivity (Wildman–Crippen MR) is 107 cm³/mol. The lowest BCUT2D eigenvalue weighted by Crippen LogP contribution is -2.41. The van der Waals surface area contributed by atoms with Crippen molar-refractivity contribution >= 4 is 11.9 Å². The standard InChI is InChI=1S/C20H31FN4O3/c1-2-22-20(24-8-4-11-28-18-7-12-27-15-18)25-10-9-23-19(26)14-16-5-3-6-17(21)13-16/h3,5-6,13,18H,2,4,7-12,14-15H2,1H3,(H,23,26)(H2,22,24,25). The van der Waals surface area contributed by atoms with Crippen molar-refractivity contribution in [3.05, 3.63) is 35.6 Å². The first-order valence-electron chi connectivity index (χ1n) is 9.90. The lowest BCUT2D eigenvalue weighted by Gasteiger charge is -2.12. The predicted octanol–water partition coefficient (Wildman–Crippen LogP) is 1.24. The number of halogens is 1. The van der Waals surface area contributed by atoms with Gasteiger partial charge in [0.25, 0.3) is 0 Å². The number of aliphatic imine (C=N–C) groups is 1. The van der Waals surface area contributed by atoms with Gasteiger partial charge in [0.1, 0.15) is 5.82 Å². The number of rotatable bonds is 11. The number of carbonyl (C=O) groups is 1. The van der Waals surface area contributed by atoms with Crippen molar-refractivity contribution < 1.29 is 18.7 Å². The molecule has 0 aromatic heterocycles. The molecule has 1 fully saturated rings. The Morgan fingerprint density at radius 2 is 2.18 bits per heavy atom. The minimum absolute atomic E-state index is 0.137. The highest BCUT2D eigenvalue weighted by Gasteiger charge is 2.15. The van der Waals surface area contributed by atoms with E-state index in [9.17, 15) is 9.18 Å². The summed E-state index contributed by atoms with van der Waals surface area (Å²) < 4.78 is 24.1. The minimum atomic E-state index is -0.333. The number of amides is 1. The summed E-state index contributed by atoms with van der Waals surface area (Å²) >= 11 is 0. The third kappa shape index (κ3) is 9.14. The Kier molecular flexibility index (Phi) is 10.3. The van der Waals surface area contributed by atoms with E-state index in [0.29, 0.717) is 44.4 Å². The Balaban J connectivity index is 1.58. The van der Waals surface area contributed by atoms with Gasteiger partial charge in [-0.1, -0.05) is 12.1 Å². The second-order valence-corrected chi connectivity index (χ2v) is 6.55. The summed E-state index contributed by atoms with van der Waals surface area (Å²) in [6.45, 7) is 6.59. The summed E-state index contributed by atoms with van der Waals surface area (Å²) in [5, 5.41) is 9.17. The van der Waals surface area contributed by atoms with E-state index in [1.165, 1.54) is 12.1 Å². The Labute approximate surface area is 166 Å². The molecule has 0 radical (unpaired) electrons. The SMILES string of the molecule is CCNC(=NCCCOC1CCOC1)NCCNC(=O)Cc1cccc(F)c1. The Hall–Kier alpha value is -2.19. The first-order chi connectivity index (χ1) is 13.7. The maximum atomic E-state index is 13.1. The molecule has 1 amide bonds. The third-order valence-corrected chi connectivity index (χ3v) is 4.15. The number of nitrogens with one attached hydrogen (secondary N) is 3. The quantitative estimate of drug-likeness (QED) is 0.299. The molecule has 0 aliphatic carbocycles. The summed E-state index contributed by atoms with van der Waals surface area (Å²) in [7, 11) is 0. The maximum Gasteiger partial charge on any atom is 0.224 e. The van der Waals surface area contributed by atoms with Crippen molar-refractivity contribution in [3.8, 4) is 0 Å². The average Bonchev–Trinajstić information content (AvgIpc) is 3.18. The zero-order chi connectivity index (χ0) is 20.0. The Morgan fingerprint density at radius 3 is 2.93 bits per heavy atom. The van der Waals surface area contributed by atoms with Gasteiger partial charge in [-0.2, -0.15) is 0 Å². The van der Waals surface area contributed by atoms with Crippen molar-refractivity contribution in [1.29, 1.82) is 0 Å². The van der Waals surface area contributed by atoms with Crippen molar-refractivity contribution in [3.63, 3.8) is 0 Å². The summed E-state index contributed by atoms with van der Waals surface area (Å²) in [6.07, 6.45) is 2.21. The second kappa shape index (κ2) is 13.1. The molecule has 3 N–H and O–H groups in total. The molecule has 1 heterocycles. The largest absolute Gasteiger partial charge is 0.379 e. The van der Waals surface area contributed by atoms with E-state index in [0.717, 1.165) is 26.0 Å². The van der Waals surface area contributed by atoms with Crippen molar-refractivity contribution in [1.82, 2.24) is 16.0 Å². The van der Waals surface area contributed by atoms with Gasteiger partial charge in [-0.25, -0.2) is 4.39 Å². The molecular formula is C20H31FN4O3. The number of hydrogen-bond donors (Lipinski definition) is 3. The van der Waals surface area contributed by atoms with E-state index in [2.05, 4.69) is 20.9 Å². The van der Waals surface area contributed by atoms with Crippen LogP contribution in [0.3, 0.4) is 0 Å². The number of nitrogens with zero attached hydrogens (tertiary/aromatic N) is 1. The van der Waals surface area contributed by atoms with Crippen LogP contribution in [-0.4, -0.2) is 64.0 Å². The highest BCUT2D eigenvalue weighted by Crippen LogP contribution is 2.08. The van der Waals surface area contributed by atoms with Gasteiger partial charge < -0.3 is 25.4 Å². The van der Waals surface area contributed by atoms with Gasteiger partial charge in [0.2, 0.25) is 5.91 Å². The van der Waals surface area contributed by atoms with Crippen molar-refractivity contribution in [2.24, 2.45) is 4.99 Å². The monoisotopic (exact) mass is 394 g/mol. The van der Waals surface area contributed by atoms with E-state index >= 15 is 0 Å². The normalized spacial score (nSPS) is 16.8. The van der Waals surface area contributed by atoms with E-state index in [4.69, 9.17) is 9.47 Å². The topological polar surface area (TPSA) is 84.0 Å². The molecule has 28 heavy (non-hydrogen) atoms. The smallest absolute Gasteiger partial charge is 0.224 e. The second-order valence-electron chi connectivity index (χ2n) is 6.55. The van der Waals surface area contributed by atoms with Crippen LogP contribution in [-0.2, 0) is 20.7 Å². The van der Waals surface area contributed by atoms with Crippen LogP contribution >= 0.6 is 0 Å². The summed E-state index contributed by atoms with van der Waals surface area (Å²) in [5.74, 6) is 0.244. The van der Waals surface area contributed by atoms with E-state index in [1.54, 1.807) is 12.1 Å². The van der Waals surface area contributed by atoms with Gasteiger partial charge in [-0.15, -0.1) is 0 Å². The molecule has 0 bridgehead atoms. The van der Waals surface area contributed by atoms with Crippen LogP contribution < -0.4 is 16.0 Å². The highest BCUT2D eigenvalue weighted by molar-refractivity contribution is 5.80. The fraction of sp³-hybridized carbons (Fsp3) is 0.600. The van der Waals surface area contributed by atoms with Gasteiger partial charge in [0, 0.05) is 39.4 Å². The van der Waals surface area contributed by atoms with Gasteiger partial charge in [-0.05, 0) is 37.5 Å². The molecule has 1 aromatic carbocycles. The number of benzene rings is 1. The van der Waals surface area contributed by atoms with Crippen molar-refractivity contribution in [2.75, 3.05) is 46.0 Å². The lowest BCUT2D eigenvalue weighted by atomic mass is 10.1. The molecular weight excluding hydrogens is 363 g/mol. The van der Waals surface area contributed by atoms with Crippen LogP contribution in [0.1, 0.15) is 25.3 Å². The molecule has 1 atom stereocenters. The molecule has 0 spiro atoms. The fourth-order valence-electron chi connectivity index (χ4n) is 2.77. The molecule has 8 heteroatoms. The van der Waals surface area contributed by atoms with Gasteiger partial charge in [0.15, 0.2) is 5.96 Å². The number of carbonyl (C=O) groups excluding carboxylic acids is 1. The number of guanidine groups is 1. The molecule has 1 aliphatic heterocycles. The lowest BCUT2D eigenvalue weighted by molar-refractivity contribution is -0.120. The van der Waals surface area contributed by atoms with Crippen LogP contribution in [0.25, 0.3) is 0 Å². The average molecular weight is 394 g/mol. The van der Waals surface area contributed by atoms with Crippen LogP contribution in [0.4, 0.5) is 4.39 Å². The van der Waals surface area contributed by atoms with Crippen LogP contribution in [0.2, 0.25) is 0 Å². The van der Waals surface area contributed by atoms with E-state index in [-0.39, 0.29) is 24.2 Å². The zero-order valence-electron chi connectivity index (χ0n) is 16.5. The first kappa shape index (κ1) is 22.1. The molecule has 1 unspecified atom stereocenters. The molecule has 1 saturated heterocycles. The summed E-state index contributed by atoms with van der Waals surface area (Å²) in [5.41, 5.74) is 0.659. The van der Waals surface area contributed by atoms with Gasteiger partial charge in [-0.3, -0.25) is 9.79 Å². The highest BCUT2D eigenvalue weighted by atomic mass is 19.1. The summed E-state index contributed by atoms with van der Waals surface area (Å²) in [6, 6.07) is 6.07. The van der Waals surface area contributed by atoms with E-state index < -0.39 is 0 Å². The third-order valence-electron chi connectivity index (χ3n) is 4.15. The van der Waals surface area contributed by atoms with Crippen molar-refractivity contribution in [2.45, 2.75) is 32.3 Å². The molecule has 1 aliphatic rings. The summed E-state index contributed by atoms with van der Waals surface area (Å²) in [4.78, 5) is 16.4. The van der Waals surface area contributed by atoms with Crippen LogP contribution in [0.15, 0.2) is 29.3 Å². The Morgan fingerprint density at radius 1 is 1.32 bits per heavy atom. The fourth-order valence-corrected chi connectivity index (χ4v) is 2.77. The number of hydrogen-bond acceptors (Lipinski definition) is 4. The zero-order valence-corrected chi connectivity index (χ0v) is 16.5. The molecule has 1 aromatic rings. The number of ether oxygens (including phenoxy) is 2. The first-order valence-corrected chi connectivity index (χ1v) is 9.90. The molecule has 156 valence electrons. The Bertz CT molecular complexity index is 621. The molecule has 7 nitrogen and oxygen atoms in total. The van der Waals surface area contributed by atoms with Crippen LogP contribution in [0.5, 0.6) is 0 Å². The van der Waals surface area contributed by atoms with E-state index in [1.807, 2.05) is 6.92 Å². The minimum Gasteiger partial charge on any atom is -0.379 e. The molecule has 2 rings (SSSR count). The molecule has 0 saturated carbocycles.